The molecule has 316 valence electrons. The molecule has 0 bridgehead atoms. The summed E-state index contributed by atoms with van der Waals surface area (Å²) in [5.74, 6) is 8.00. The van der Waals surface area contributed by atoms with Crippen LogP contribution in [0.2, 0.25) is 0 Å². The quantitative estimate of drug-likeness (QED) is 0.0690. The number of benzene rings is 25. The molecule has 25 aromatic rings. The first-order valence-electron chi connectivity index (χ1n) is 25.6. The molecule has 25 rings (SSSR count). The molecule has 0 aliphatic carbocycles. The molecule has 4 N–H and O–H groups in total. The van der Waals surface area contributed by atoms with E-state index in [0.717, 1.165) is 0 Å². The molecule has 0 spiro atoms. The van der Waals surface area contributed by atoms with Crippen molar-refractivity contribution in [1.29, 1.82) is 0 Å². The molecule has 0 unspecified atom stereocenters. The summed E-state index contributed by atoms with van der Waals surface area (Å²) in [6, 6.07) is 54.7. The molecular weight excluding hydrogens is 869 g/mol. The lowest BCUT2D eigenvalue weighted by molar-refractivity contribution is 1.26. The van der Waals surface area contributed by atoms with E-state index in [1.165, 1.54) is 259 Å². The molecule has 0 amide bonds. The van der Waals surface area contributed by atoms with Crippen LogP contribution in [-0.4, -0.2) is 0 Å². The zero-order chi connectivity index (χ0) is 45.3. The van der Waals surface area contributed by atoms with Gasteiger partial charge in [0.2, 0.25) is 0 Å². The lowest BCUT2D eigenvalue weighted by Crippen LogP contribution is -2.05. The highest BCUT2D eigenvalue weighted by atomic mass is 15.0. The average Bonchev–Trinajstić information content (AvgIpc) is 3.49. The van der Waals surface area contributed by atoms with E-state index >= 15 is 0 Å². The summed E-state index contributed by atoms with van der Waals surface area (Å²) in [4.78, 5) is 0. The van der Waals surface area contributed by atoms with E-state index in [1.807, 2.05) is 0 Å². The summed E-state index contributed by atoms with van der Waals surface area (Å²) >= 11 is 0. The van der Waals surface area contributed by atoms with Crippen molar-refractivity contribution in [3.63, 3.8) is 0 Å². The largest absolute Gasteiger partial charge is 0.274 e. The van der Waals surface area contributed by atoms with Gasteiger partial charge in [0.15, 0.2) is 0 Å². The number of hydrogen-bond donors (Lipinski definition) is 2. The molecule has 0 saturated carbocycles. The lowest BCUT2D eigenvalue weighted by Gasteiger charge is -2.34. The third-order valence-corrected chi connectivity index (χ3v) is 20.3. The van der Waals surface area contributed by atoms with Gasteiger partial charge >= 0.3 is 0 Å². The Morgan fingerprint density at radius 3 is 0.444 bits per heavy atom. The first-order chi connectivity index (χ1) is 35.7. The van der Waals surface area contributed by atoms with Gasteiger partial charge in [0.1, 0.15) is 0 Å². The highest BCUT2D eigenvalue weighted by Crippen LogP contribution is 2.68. The van der Waals surface area contributed by atoms with Crippen LogP contribution in [0.25, 0.3) is 259 Å². The lowest BCUT2D eigenvalue weighted by atomic mass is 9.68. The van der Waals surface area contributed by atoms with E-state index in [2.05, 4.69) is 145 Å². The summed E-state index contributed by atoms with van der Waals surface area (Å²) < 4.78 is 0. The zero-order valence-electron chi connectivity index (χ0n) is 37.9. The van der Waals surface area contributed by atoms with Crippen molar-refractivity contribution in [2.24, 2.45) is 11.7 Å². The fraction of sp³-hybridized carbons (Fsp3) is 0. The first-order valence-corrected chi connectivity index (χ1v) is 25.6. The van der Waals surface area contributed by atoms with E-state index in [1.54, 1.807) is 0 Å². The maximum atomic E-state index is 4.00. The van der Waals surface area contributed by atoms with Gasteiger partial charge in [-0.05, 0) is 331 Å². The van der Waals surface area contributed by atoms with Crippen LogP contribution in [-0.2, 0) is 0 Å². The van der Waals surface area contributed by atoms with Crippen LogP contribution in [0.4, 0.5) is 0 Å². The predicted octanol–water partition coefficient (Wildman–Crippen LogP) is 19.2. The summed E-state index contributed by atoms with van der Waals surface area (Å²) in [7, 11) is 0. The molecule has 0 atom stereocenters. The second-order valence-electron chi connectivity index (χ2n) is 22.7. The third-order valence-electron chi connectivity index (χ3n) is 20.3. The third kappa shape index (κ3) is 2.68. The number of hydrazine groups is 1. The van der Waals surface area contributed by atoms with Crippen molar-refractivity contribution >= 4 is 259 Å². The van der Waals surface area contributed by atoms with Gasteiger partial charge < -0.3 is 0 Å². The van der Waals surface area contributed by atoms with Crippen LogP contribution in [0, 0.1) is 0 Å². The minimum atomic E-state index is 1.35. The maximum Gasteiger partial charge on any atom is -0.0000000465 e. The fourth-order valence-electron chi connectivity index (χ4n) is 18.6. The first kappa shape index (κ1) is 32.6. The van der Waals surface area contributed by atoms with E-state index in [4.69, 9.17) is 0 Å². The Balaban J connectivity index is 0.00000179. The number of nitrogens with two attached hydrogens (primary N) is 2. The average molecular weight is 895 g/mol. The van der Waals surface area contributed by atoms with Crippen LogP contribution in [0.15, 0.2) is 133 Å². The summed E-state index contributed by atoms with van der Waals surface area (Å²) in [6.07, 6.45) is 0. The molecule has 2 nitrogen and oxygen atoms in total. The predicted molar refractivity (Wildman–Crippen MR) is 314 cm³/mol. The normalized spacial score (nSPS) is 14.5. The van der Waals surface area contributed by atoms with Crippen molar-refractivity contribution in [1.82, 2.24) is 0 Å². The van der Waals surface area contributed by atoms with Crippen LogP contribution >= 0.6 is 0 Å². The van der Waals surface area contributed by atoms with Gasteiger partial charge in [-0.1, -0.05) is 60.7 Å². The molecule has 0 aliphatic rings. The zero-order valence-corrected chi connectivity index (χ0v) is 37.9. The van der Waals surface area contributed by atoms with Crippen LogP contribution in [0.5, 0.6) is 0 Å². The minimum absolute atomic E-state index is 1.35. The van der Waals surface area contributed by atoms with Gasteiger partial charge in [-0.2, -0.15) is 0 Å². The Labute approximate surface area is 401 Å². The van der Waals surface area contributed by atoms with E-state index < -0.39 is 0 Å². The van der Waals surface area contributed by atoms with E-state index in [-0.39, 0.29) is 0 Å². The van der Waals surface area contributed by atoms with Gasteiger partial charge in [0, 0.05) is 0 Å². The van der Waals surface area contributed by atoms with Crippen LogP contribution in [0.1, 0.15) is 0 Å². The molecule has 2 heteroatoms. The Hall–Kier alpha value is -9.18. The van der Waals surface area contributed by atoms with Gasteiger partial charge in [-0.25, -0.2) is 0 Å². The van der Waals surface area contributed by atoms with Gasteiger partial charge in [-0.15, -0.1) is 0 Å². The van der Waals surface area contributed by atoms with Crippen LogP contribution in [0.3, 0.4) is 0 Å². The van der Waals surface area contributed by atoms with Crippen molar-refractivity contribution in [2.75, 3.05) is 0 Å². The van der Waals surface area contributed by atoms with E-state index in [0.29, 0.717) is 0 Å². The number of rotatable bonds is 0. The minimum Gasteiger partial charge on any atom is -0.274 e. The van der Waals surface area contributed by atoms with Gasteiger partial charge in [0.05, 0.1) is 0 Å². The monoisotopic (exact) mass is 894 g/mol. The Morgan fingerprint density at radius 2 is 0.250 bits per heavy atom. The molecule has 0 heterocycles. The van der Waals surface area contributed by atoms with Gasteiger partial charge in [-0.3, -0.25) is 11.7 Å². The molecule has 0 saturated heterocycles. The smallest absolute Gasteiger partial charge is 0.0000000465 e. The molecule has 72 heavy (non-hydrogen) atoms. The second-order valence-corrected chi connectivity index (χ2v) is 22.7. The van der Waals surface area contributed by atoms with Crippen molar-refractivity contribution in [3.05, 3.63) is 133 Å². The van der Waals surface area contributed by atoms with Crippen molar-refractivity contribution < 1.29 is 0 Å². The topological polar surface area (TPSA) is 52.0 Å². The number of hydrogen-bond acceptors (Lipinski definition) is 2. The SMILES string of the molecule is NN.c1cc2cc3cc4cc5ccc6cc7cc8cc9cccc%10cc%11cc%12cc%13ccc%14cc%15cc%16cc(c1)c2c1c3c2c4c3c5c6c4c7c5c8c(c9%10)c%11c6c%12c7c%13c%14c8c%15c(c%161)c2c1c3c4c(c56)c7c81. The standard InChI is InChI=1S/C70H22.H4N2/c1-3-23-11-31-19-35-15-27-7-9-29-17-37-21-33-13-25-5-2-6-26-14-34-22-38-18-30-10-8-28-16-36-20-32-12-24(4-1)39(23)53-45(31)59-49(35)55-41(27)43(29)57-51(37)61-47(33)54(40(25)26)48(34)62-52(38)58-44(30)42(28)56-50(36)60(46(32)53)63(59)69-65(55)67(57)70(64(61)62)68(58)66(56)69;1-2/h1-22H;1-2H2. The van der Waals surface area contributed by atoms with Crippen molar-refractivity contribution in [3.8, 4) is 0 Å². The molecule has 0 radical (unpaired) electrons. The molecule has 25 aromatic carbocycles. The Morgan fingerprint density at radius 1 is 0.125 bits per heavy atom. The second kappa shape index (κ2) is 9.30. The van der Waals surface area contributed by atoms with Crippen LogP contribution < -0.4 is 11.7 Å². The van der Waals surface area contributed by atoms with Gasteiger partial charge in [0.25, 0.3) is 0 Å². The van der Waals surface area contributed by atoms with E-state index in [9.17, 15) is 0 Å². The van der Waals surface area contributed by atoms with Crippen molar-refractivity contribution in [2.45, 2.75) is 0 Å². The molecule has 0 aliphatic heterocycles. The summed E-state index contributed by atoms with van der Waals surface area (Å²) in [5, 5.41) is 69.3. The highest BCUT2D eigenvalue weighted by molar-refractivity contribution is 6.70. The maximum absolute atomic E-state index is 4.00. The Bertz CT molecular complexity index is 5930. The summed E-state index contributed by atoms with van der Waals surface area (Å²) in [5.41, 5.74) is 0. The molecule has 0 fully saturated rings. The summed E-state index contributed by atoms with van der Waals surface area (Å²) in [6.45, 7) is 0. The Kier molecular flexibility index (Phi) is 4.21. The highest BCUT2D eigenvalue weighted by Gasteiger charge is 2.38. The molecular formula is C70H26N2. The molecule has 0 aromatic heterocycles. The fourth-order valence-corrected chi connectivity index (χ4v) is 18.6.